The Morgan fingerprint density at radius 2 is 1.48 bits per heavy atom. The van der Waals surface area contributed by atoms with Crippen LogP contribution in [0, 0.1) is 0 Å². The molecule has 2 aliphatic rings. The van der Waals surface area contributed by atoms with Gasteiger partial charge in [-0.25, -0.2) is 0 Å². The van der Waals surface area contributed by atoms with Crippen LogP contribution < -0.4 is 9.47 Å². The van der Waals surface area contributed by atoms with E-state index >= 15 is 0 Å². The lowest BCUT2D eigenvalue weighted by molar-refractivity contribution is 0.104. The number of hydrogen-bond donors (Lipinski definition) is 0. The zero-order valence-electron chi connectivity index (χ0n) is 16.0. The van der Waals surface area contributed by atoms with Gasteiger partial charge in [-0.15, -0.1) is 0 Å². The Kier molecular flexibility index (Phi) is 5.44. The summed E-state index contributed by atoms with van der Waals surface area (Å²) in [7, 11) is 0. The van der Waals surface area contributed by atoms with Crippen LogP contribution in [0.4, 0.5) is 0 Å². The number of ether oxygens (including phenoxy) is 2. The zero-order valence-corrected chi connectivity index (χ0v) is 16.0. The van der Waals surface area contributed by atoms with Gasteiger partial charge in [0.25, 0.3) is 0 Å². The monoisotopic (exact) mass is 365 g/mol. The molecule has 4 nitrogen and oxygen atoms in total. The van der Waals surface area contributed by atoms with Crippen LogP contribution in [-0.2, 0) is 0 Å². The Balaban J connectivity index is 1.56. The van der Waals surface area contributed by atoms with Gasteiger partial charge in [0, 0.05) is 28.8 Å². The van der Waals surface area contributed by atoms with Gasteiger partial charge < -0.3 is 14.4 Å². The molecule has 2 aromatic carbocycles. The zero-order chi connectivity index (χ0) is 18.6. The fourth-order valence-electron chi connectivity index (χ4n) is 4.03. The van der Waals surface area contributed by atoms with E-state index in [1.54, 1.807) is 0 Å². The van der Waals surface area contributed by atoms with E-state index < -0.39 is 0 Å². The van der Waals surface area contributed by atoms with E-state index in [4.69, 9.17) is 9.47 Å². The number of nitrogens with zero attached hydrogens (tertiary/aromatic N) is 1. The molecule has 0 radical (unpaired) electrons. The number of benzene rings is 2. The Hall–Kier alpha value is -2.33. The molecule has 0 amide bonds. The minimum Gasteiger partial charge on any atom is -0.493 e. The van der Waals surface area contributed by atoms with Gasteiger partial charge in [0.2, 0.25) is 0 Å². The molecule has 1 aliphatic heterocycles. The second kappa shape index (κ2) is 8.13. The van der Waals surface area contributed by atoms with Gasteiger partial charge in [-0.1, -0.05) is 31.2 Å². The number of likely N-dealkylation sites (tertiary alicyclic amines) is 1. The first-order valence-corrected chi connectivity index (χ1v) is 10.1. The minimum atomic E-state index is 0.0597. The van der Waals surface area contributed by atoms with Crippen molar-refractivity contribution in [3.8, 4) is 22.6 Å². The molecule has 1 saturated heterocycles. The first-order chi connectivity index (χ1) is 13.3. The highest BCUT2D eigenvalue weighted by Crippen LogP contribution is 2.47. The average Bonchev–Trinajstić information content (AvgIpc) is 3.31. The molecule has 27 heavy (non-hydrogen) atoms. The van der Waals surface area contributed by atoms with Crippen LogP contribution in [0.2, 0.25) is 0 Å². The van der Waals surface area contributed by atoms with Crippen LogP contribution in [0.1, 0.15) is 48.5 Å². The standard InChI is InChI=1S/C23H27NO3/c1-2-15-26-19-10-5-8-17-21(19)22-18(23(17)25)9-6-11-20(22)27-16-7-14-24-12-3-4-13-24/h5-6,8-11H,2-4,7,12-16H2,1H3. The largest absolute Gasteiger partial charge is 0.493 e. The van der Waals surface area contributed by atoms with Crippen LogP contribution in [0.15, 0.2) is 36.4 Å². The molecule has 0 bridgehead atoms. The topological polar surface area (TPSA) is 38.8 Å². The quantitative estimate of drug-likeness (QED) is 0.549. The third-order valence-electron chi connectivity index (χ3n) is 5.33. The van der Waals surface area contributed by atoms with E-state index in [2.05, 4.69) is 11.8 Å². The van der Waals surface area contributed by atoms with Crippen molar-refractivity contribution in [2.24, 2.45) is 0 Å². The maximum atomic E-state index is 12.9. The van der Waals surface area contributed by atoms with E-state index in [1.807, 2.05) is 36.4 Å². The third kappa shape index (κ3) is 3.59. The smallest absolute Gasteiger partial charge is 0.194 e. The molecule has 4 heteroatoms. The first-order valence-electron chi connectivity index (χ1n) is 10.1. The molecule has 0 saturated carbocycles. The predicted octanol–water partition coefficient (Wildman–Crippen LogP) is 4.55. The van der Waals surface area contributed by atoms with Gasteiger partial charge in [0.05, 0.1) is 13.2 Å². The molecule has 142 valence electrons. The van der Waals surface area contributed by atoms with Crippen molar-refractivity contribution in [1.82, 2.24) is 4.90 Å². The van der Waals surface area contributed by atoms with Gasteiger partial charge in [-0.05, 0) is 50.9 Å². The summed E-state index contributed by atoms with van der Waals surface area (Å²) in [6.07, 6.45) is 4.55. The van der Waals surface area contributed by atoms with Gasteiger partial charge >= 0.3 is 0 Å². The molecule has 0 spiro atoms. The number of hydrogen-bond acceptors (Lipinski definition) is 4. The normalized spacial score (nSPS) is 15.7. The molecule has 1 aliphatic carbocycles. The third-order valence-corrected chi connectivity index (χ3v) is 5.33. The van der Waals surface area contributed by atoms with Crippen molar-refractivity contribution < 1.29 is 14.3 Å². The summed E-state index contributed by atoms with van der Waals surface area (Å²) in [5, 5.41) is 0. The van der Waals surface area contributed by atoms with Crippen molar-refractivity contribution in [2.45, 2.75) is 32.6 Å². The SMILES string of the molecule is CCCOc1cccc2c1-c1c(OCCCN3CCCC3)cccc1C2=O. The summed E-state index contributed by atoms with van der Waals surface area (Å²) in [5.74, 6) is 1.62. The van der Waals surface area contributed by atoms with Gasteiger partial charge in [0.1, 0.15) is 11.5 Å². The fraction of sp³-hybridized carbons (Fsp3) is 0.435. The highest BCUT2D eigenvalue weighted by Gasteiger charge is 2.32. The Labute approximate surface area is 161 Å². The van der Waals surface area contributed by atoms with E-state index in [0.717, 1.165) is 47.6 Å². The van der Waals surface area contributed by atoms with Gasteiger partial charge in [-0.2, -0.15) is 0 Å². The molecule has 1 fully saturated rings. The first kappa shape index (κ1) is 18.1. The molecule has 2 aromatic rings. The van der Waals surface area contributed by atoms with Gasteiger partial charge in [0.15, 0.2) is 5.78 Å². The number of fused-ring (bicyclic) bond motifs is 3. The van der Waals surface area contributed by atoms with Crippen LogP contribution in [0.3, 0.4) is 0 Å². The van der Waals surface area contributed by atoms with Gasteiger partial charge in [-0.3, -0.25) is 4.79 Å². The minimum absolute atomic E-state index is 0.0597. The summed E-state index contributed by atoms with van der Waals surface area (Å²) in [6.45, 7) is 6.88. The highest BCUT2D eigenvalue weighted by molar-refractivity contribution is 6.23. The Morgan fingerprint density at radius 3 is 2.07 bits per heavy atom. The van der Waals surface area contributed by atoms with E-state index in [9.17, 15) is 4.79 Å². The molecular weight excluding hydrogens is 338 g/mol. The molecule has 0 aromatic heterocycles. The number of ketones is 1. The fourth-order valence-corrected chi connectivity index (χ4v) is 4.03. The lowest BCUT2D eigenvalue weighted by Crippen LogP contribution is -2.21. The molecule has 0 atom stereocenters. The molecule has 0 N–H and O–H groups in total. The van der Waals surface area contributed by atoms with E-state index in [-0.39, 0.29) is 5.78 Å². The second-order valence-electron chi connectivity index (χ2n) is 7.29. The number of carbonyl (C=O) groups is 1. The second-order valence-corrected chi connectivity index (χ2v) is 7.29. The molecular formula is C23H27NO3. The Morgan fingerprint density at radius 1 is 0.889 bits per heavy atom. The predicted molar refractivity (Wildman–Crippen MR) is 107 cm³/mol. The molecule has 0 unspecified atom stereocenters. The van der Waals surface area contributed by atoms with Crippen LogP contribution in [0.5, 0.6) is 11.5 Å². The summed E-state index contributed by atoms with van der Waals surface area (Å²) in [5.41, 5.74) is 3.22. The Bertz CT molecular complexity index is 824. The summed E-state index contributed by atoms with van der Waals surface area (Å²) in [4.78, 5) is 15.3. The molecule has 1 heterocycles. The van der Waals surface area contributed by atoms with Crippen molar-refractivity contribution >= 4 is 5.78 Å². The number of rotatable bonds is 8. The van der Waals surface area contributed by atoms with E-state index in [1.165, 1.54) is 25.9 Å². The number of carbonyl (C=O) groups excluding carboxylic acids is 1. The van der Waals surface area contributed by atoms with Crippen LogP contribution in [0.25, 0.3) is 11.1 Å². The van der Waals surface area contributed by atoms with Crippen molar-refractivity contribution in [3.63, 3.8) is 0 Å². The van der Waals surface area contributed by atoms with Crippen LogP contribution >= 0.6 is 0 Å². The van der Waals surface area contributed by atoms with Crippen molar-refractivity contribution in [3.05, 3.63) is 47.5 Å². The lowest BCUT2D eigenvalue weighted by Gasteiger charge is -2.16. The van der Waals surface area contributed by atoms with Crippen molar-refractivity contribution in [1.29, 1.82) is 0 Å². The molecule has 4 rings (SSSR count). The summed E-state index contributed by atoms with van der Waals surface area (Å²) >= 11 is 0. The summed E-state index contributed by atoms with van der Waals surface area (Å²) in [6, 6.07) is 11.5. The van der Waals surface area contributed by atoms with Crippen LogP contribution in [-0.4, -0.2) is 43.5 Å². The van der Waals surface area contributed by atoms with Crippen molar-refractivity contribution in [2.75, 3.05) is 32.8 Å². The highest BCUT2D eigenvalue weighted by atomic mass is 16.5. The maximum absolute atomic E-state index is 12.9. The average molecular weight is 365 g/mol. The van der Waals surface area contributed by atoms with E-state index in [0.29, 0.717) is 18.8 Å². The lowest BCUT2D eigenvalue weighted by atomic mass is 10.0. The summed E-state index contributed by atoms with van der Waals surface area (Å²) < 4.78 is 12.1. The maximum Gasteiger partial charge on any atom is 0.194 e.